The zero-order valence-electron chi connectivity index (χ0n) is 21.9. The molecule has 8 nitrogen and oxygen atoms in total. The summed E-state index contributed by atoms with van der Waals surface area (Å²) in [7, 11) is 0. The van der Waals surface area contributed by atoms with E-state index in [1.807, 2.05) is 30.2 Å². The summed E-state index contributed by atoms with van der Waals surface area (Å²) < 4.78 is 46.9. The van der Waals surface area contributed by atoms with Gasteiger partial charge in [-0.15, -0.1) is 11.8 Å². The highest BCUT2D eigenvalue weighted by molar-refractivity contribution is 7.99. The molecule has 2 aromatic rings. The van der Waals surface area contributed by atoms with Crippen molar-refractivity contribution >= 4 is 34.8 Å². The van der Waals surface area contributed by atoms with Gasteiger partial charge in [-0.2, -0.15) is 13.2 Å². The number of hydrogen-bond donors (Lipinski definition) is 0. The molecule has 0 radical (unpaired) electrons. The van der Waals surface area contributed by atoms with Crippen LogP contribution in [0.25, 0.3) is 11.0 Å². The lowest BCUT2D eigenvalue weighted by atomic mass is 10.0. The molecule has 0 bridgehead atoms. The predicted octanol–water partition coefficient (Wildman–Crippen LogP) is 4.60. The fourth-order valence-corrected chi connectivity index (χ4v) is 6.62. The molecule has 3 fully saturated rings. The van der Waals surface area contributed by atoms with E-state index in [-0.39, 0.29) is 18.0 Å². The number of thioether (sulfide) groups is 1. The molecule has 0 unspecified atom stereocenters. The van der Waals surface area contributed by atoms with Crippen molar-refractivity contribution in [1.29, 1.82) is 0 Å². The Balaban J connectivity index is 1.26. The minimum atomic E-state index is -4.40. The lowest BCUT2D eigenvalue weighted by molar-refractivity contribution is -0.137. The number of amides is 2. The summed E-state index contributed by atoms with van der Waals surface area (Å²) in [6, 6.07) is 3.33. The van der Waals surface area contributed by atoms with Crippen LogP contribution >= 0.6 is 11.8 Å². The van der Waals surface area contributed by atoms with Crippen LogP contribution < -0.4 is 0 Å². The lowest BCUT2D eigenvalue weighted by Gasteiger charge is -2.36. The largest absolute Gasteiger partial charge is 0.444 e. The Bertz CT molecular complexity index is 1180. The Morgan fingerprint density at radius 2 is 1.82 bits per heavy atom. The number of aromatic nitrogens is 2. The van der Waals surface area contributed by atoms with E-state index in [1.165, 1.54) is 6.07 Å². The third-order valence-corrected chi connectivity index (χ3v) is 8.53. The van der Waals surface area contributed by atoms with Gasteiger partial charge in [-0.25, -0.2) is 9.78 Å². The monoisotopic (exact) mass is 553 g/mol. The first-order chi connectivity index (χ1) is 17.9. The maximum Gasteiger partial charge on any atom is 0.416 e. The standard InChI is InChI=1S/C26H34F3N5O3S/c1-25(2,3)37-24(36)33-14-19(13-22(33)23(35)32-10-11-38-16-32)31-8-6-18(7-9-31)34-15-30-20-12-17(26(27,28)29)4-5-21(20)34/h4-5,12,15,18-19,22H,6-11,13-14,16H2,1-3H3/t19-,22-/m0/s1. The van der Waals surface area contributed by atoms with E-state index in [4.69, 9.17) is 4.74 Å². The van der Waals surface area contributed by atoms with Crippen LogP contribution in [0.4, 0.5) is 18.0 Å². The van der Waals surface area contributed by atoms with E-state index in [9.17, 15) is 22.8 Å². The summed E-state index contributed by atoms with van der Waals surface area (Å²) in [4.78, 5) is 36.4. The van der Waals surface area contributed by atoms with E-state index in [0.717, 1.165) is 43.8 Å². The van der Waals surface area contributed by atoms with Gasteiger partial charge < -0.3 is 14.2 Å². The van der Waals surface area contributed by atoms with Gasteiger partial charge in [0, 0.05) is 44.0 Å². The number of piperidine rings is 1. The van der Waals surface area contributed by atoms with Gasteiger partial charge >= 0.3 is 12.3 Å². The Morgan fingerprint density at radius 1 is 1.08 bits per heavy atom. The summed E-state index contributed by atoms with van der Waals surface area (Å²) in [5.74, 6) is 1.54. The van der Waals surface area contributed by atoms with Gasteiger partial charge in [0.25, 0.3) is 0 Å². The quantitative estimate of drug-likeness (QED) is 0.553. The summed E-state index contributed by atoms with van der Waals surface area (Å²) >= 11 is 1.72. The van der Waals surface area contributed by atoms with Crippen molar-refractivity contribution in [2.24, 2.45) is 0 Å². The number of benzene rings is 1. The van der Waals surface area contributed by atoms with Crippen molar-refractivity contribution in [3.8, 4) is 0 Å². The van der Waals surface area contributed by atoms with Crippen molar-refractivity contribution in [3.05, 3.63) is 30.1 Å². The van der Waals surface area contributed by atoms with Crippen LogP contribution in [0.2, 0.25) is 0 Å². The number of ether oxygens (including phenoxy) is 1. The van der Waals surface area contributed by atoms with Gasteiger partial charge in [0.1, 0.15) is 11.6 Å². The molecule has 5 rings (SSSR count). The Morgan fingerprint density at radius 3 is 2.45 bits per heavy atom. The van der Waals surface area contributed by atoms with Gasteiger partial charge in [-0.05, 0) is 58.2 Å². The highest BCUT2D eigenvalue weighted by atomic mass is 32.2. The van der Waals surface area contributed by atoms with Crippen LogP contribution in [0.5, 0.6) is 0 Å². The summed E-state index contributed by atoms with van der Waals surface area (Å²) in [6.45, 7) is 8.12. The van der Waals surface area contributed by atoms with E-state index >= 15 is 0 Å². The van der Waals surface area contributed by atoms with Crippen LogP contribution in [-0.4, -0.2) is 91.7 Å². The highest BCUT2D eigenvalue weighted by Gasteiger charge is 2.45. The third-order valence-electron chi connectivity index (χ3n) is 7.57. The minimum Gasteiger partial charge on any atom is -0.444 e. The second-order valence-electron chi connectivity index (χ2n) is 11.3. The SMILES string of the molecule is CC(C)(C)OC(=O)N1C[C@@H](N2CCC(n3cnc4cc(C(F)(F)F)ccc43)CC2)C[C@H]1C(=O)N1CCSC1. The second kappa shape index (κ2) is 10.3. The number of alkyl halides is 3. The Hall–Kier alpha value is -2.47. The molecule has 1 aromatic heterocycles. The first-order valence-electron chi connectivity index (χ1n) is 13.0. The molecule has 0 saturated carbocycles. The lowest BCUT2D eigenvalue weighted by Crippen LogP contribution is -2.48. The van der Waals surface area contributed by atoms with Crippen molar-refractivity contribution < 1.29 is 27.5 Å². The molecule has 0 aliphatic carbocycles. The molecule has 38 heavy (non-hydrogen) atoms. The molecule has 12 heteroatoms. The number of hydrogen-bond acceptors (Lipinski definition) is 6. The van der Waals surface area contributed by atoms with E-state index < -0.39 is 29.5 Å². The summed E-state index contributed by atoms with van der Waals surface area (Å²) in [5, 5.41) is 0. The topological polar surface area (TPSA) is 70.9 Å². The van der Waals surface area contributed by atoms with Crippen LogP contribution in [-0.2, 0) is 15.7 Å². The average molecular weight is 554 g/mol. The van der Waals surface area contributed by atoms with Gasteiger partial charge in [0.15, 0.2) is 0 Å². The molecule has 0 N–H and O–H groups in total. The van der Waals surface area contributed by atoms with Crippen LogP contribution in [0.15, 0.2) is 24.5 Å². The van der Waals surface area contributed by atoms with E-state index in [2.05, 4.69) is 9.88 Å². The number of rotatable bonds is 3. The number of carbonyl (C=O) groups excluding carboxylic acids is 2. The molecular weight excluding hydrogens is 519 g/mol. The Kier molecular flexibility index (Phi) is 7.32. The number of carbonyl (C=O) groups is 2. The second-order valence-corrected chi connectivity index (χ2v) is 12.4. The first-order valence-corrected chi connectivity index (χ1v) is 14.2. The number of halogens is 3. The first kappa shape index (κ1) is 27.1. The fraction of sp³-hybridized carbons (Fsp3) is 0.654. The smallest absolute Gasteiger partial charge is 0.416 e. The fourth-order valence-electron chi connectivity index (χ4n) is 5.66. The zero-order chi connectivity index (χ0) is 27.2. The van der Waals surface area contributed by atoms with Crippen LogP contribution in [0.1, 0.15) is 51.6 Å². The van der Waals surface area contributed by atoms with Gasteiger partial charge in [0.2, 0.25) is 5.91 Å². The zero-order valence-corrected chi connectivity index (χ0v) is 22.7. The van der Waals surface area contributed by atoms with Gasteiger partial charge in [-0.3, -0.25) is 14.6 Å². The van der Waals surface area contributed by atoms with Crippen molar-refractivity contribution in [2.45, 2.75) is 69.9 Å². The van der Waals surface area contributed by atoms with Crippen molar-refractivity contribution in [1.82, 2.24) is 24.3 Å². The molecular formula is C26H34F3N5O3S. The number of fused-ring (bicyclic) bond motifs is 1. The molecule has 3 saturated heterocycles. The molecule has 3 aliphatic rings. The molecule has 0 spiro atoms. The van der Waals surface area contributed by atoms with Crippen molar-refractivity contribution in [2.75, 3.05) is 37.8 Å². The number of likely N-dealkylation sites (tertiary alicyclic amines) is 2. The summed E-state index contributed by atoms with van der Waals surface area (Å²) in [5.41, 5.74) is -0.313. The molecule has 1 aromatic carbocycles. The summed E-state index contributed by atoms with van der Waals surface area (Å²) in [6.07, 6.45) is -1.05. The average Bonchev–Trinajstić information content (AvgIpc) is 3.61. The maximum absolute atomic E-state index is 13.3. The molecule has 4 heterocycles. The minimum absolute atomic E-state index is 0.0126. The van der Waals surface area contributed by atoms with Crippen LogP contribution in [0.3, 0.4) is 0 Å². The van der Waals surface area contributed by atoms with Gasteiger partial charge in [-0.1, -0.05) is 0 Å². The Labute approximate surface area is 224 Å². The molecule has 3 aliphatic heterocycles. The predicted molar refractivity (Wildman–Crippen MR) is 139 cm³/mol. The normalized spacial score (nSPS) is 23.9. The number of imidazole rings is 1. The highest BCUT2D eigenvalue weighted by Crippen LogP contribution is 2.35. The van der Waals surface area contributed by atoms with E-state index in [1.54, 1.807) is 23.0 Å². The maximum atomic E-state index is 13.3. The van der Waals surface area contributed by atoms with Crippen LogP contribution in [0, 0.1) is 0 Å². The molecule has 2 atom stereocenters. The third kappa shape index (κ3) is 5.61. The van der Waals surface area contributed by atoms with Gasteiger partial charge in [0.05, 0.1) is 28.8 Å². The van der Waals surface area contributed by atoms with E-state index in [0.29, 0.717) is 36.4 Å². The molecule has 208 valence electrons. The number of nitrogens with zero attached hydrogens (tertiary/aromatic N) is 5. The van der Waals surface area contributed by atoms with Crippen molar-refractivity contribution in [3.63, 3.8) is 0 Å². The molecule has 2 amide bonds.